The Balaban J connectivity index is 3.77. The van der Waals surface area contributed by atoms with Gasteiger partial charge in [-0.1, -0.05) is 30.9 Å². The molecule has 60 valence electrons. The largest absolute Gasteiger partial charge is 0.435 e. The second-order valence-corrected chi connectivity index (χ2v) is 2.01. The minimum atomic E-state index is -0.304. The van der Waals surface area contributed by atoms with Crippen molar-refractivity contribution in [3.05, 3.63) is 37.1 Å². The van der Waals surface area contributed by atoms with Gasteiger partial charge >= 0.3 is 5.97 Å². The molecule has 0 aliphatic rings. The average molecular weight is 152 g/mol. The maximum absolute atomic E-state index is 10.7. The molecular formula is C9H12O2. The molecule has 0 fully saturated rings. The van der Waals surface area contributed by atoms with E-state index in [1.807, 2.05) is 6.92 Å². The van der Waals surface area contributed by atoms with Crippen LogP contribution >= 0.6 is 0 Å². The average Bonchev–Trinajstić information content (AvgIpc) is 2.01. The van der Waals surface area contributed by atoms with Gasteiger partial charge in [-0.05, 0) is 6.92 Å². The summed E-state index contributed by atoms with van der Waals surface area (Å²) in [5.74, 6) is -0.304. The summed E-state index contributed by atoms with van der Waals surface area (Å²) in [6, 6.07) is 0. The van der Waals surface area contributed by atoms with Gasteiger partial charge in [0, 0.05) is 0 Å². The summed E-state index contributed by atoms with van der Waals surface area (Å²) in [5.41, 5.74) is 0.964. The van der Waals surface area contributed by atoms with Crippen molar-refractivity contribution >= 4 is 5.97 Å². The number of esters is 1. The number of carbonyl (C=O) groups is 1. The van der Waals surface area contributed by atoms with Gasteiger partial charge in [-0.2, -0.15) is 0 Å². The predicted molar refractivity (Wildman–Crippen MR) is 44.9 cm³/mol. The van der Waals surface area contributed by atoms with E-state index in [0.29, 0.717) is 0 Å². The molecule has 0 amide bonds. The minimum absolute atomic E-state index is 0.268. The molecule has 0 N–H and O–H groups in total. The Labute approximate surface area is 66.9 Å². The van der Waals surface area contributed by atoms with Gasteiger partial charge in [-0.15, -0.1) is 0 Å². The lowest BCUT2D eigenvalue weighted by Crippen LogP contribution is -1.96. The summed E-state index contributed by atoms with van der Waals surface area (Å²) >= 11 is 0. The Morgan fingerprint density at radius 3 is 2.64 bits per heavy atom. The number of hydrogen-bond donors (Lipinski definition) is 0. The smallest absolute Gasteiger partial charge is 0.314 e. The van der Waals surface area contributed by atoms with E-state index in [9.17, 15) is 4.79 Å². The predicted octanol–water partition coefficient (Wildman–Crippen LogP) is 2.20. The summed E-state index contributed by atoms with van der Waals surface area (Å²) in [5, 5.41) is 0. The highest BCUT2D eigenvalue weighted by atomic mass is 16.5. The van der Waals surface area contributed by atoms with E-state index in [2.05, 4.69) is 17.9 Å². The molecule has 0 aromatic heterocycles. The number of carbonyl (C=O) groups excluding carboxylic acids is 1. The standard InChI is InChI=1S/C9H12O2/c1-4-8(3)6-7-9(10)11-5-2/h4-6H,1-2,7H2,3H3/b8-6+. The molecular weight excluding hydrogens is 140 g/mol. The quantitative estimate of drug-likeness (QED) is 0.350. The molecule has 11 heavy (non-hydrogen) atoms. The van der Waals surface area contributed by atoms with Gasteiger partial charge in [-0.25, -0.2) is 0 Å². The Morgan fingerprint density at radius 2 is 2.18 bits per heavy atom. The Hall–Kier alpha value is -1.31. The summed E-state index contributed by atoms with van der Waals surface area (Å²) < 4.78 is 4.48. The zero-order valence-electron chi connectivity index (χ0n) is 6.67. The molecule has 0 aliphatic heterocycles. The molecule has 0 aromatic rings. The third-order valence-electron chi connectivity index (χ3n) is 1.13. The second-order valence-electron chi connectivity index (χ2n) is 2.01. The van der Waals surface area contributed by atoms with Crippen LogP contribution < -0.4 is 0 Å². The van der Waals surface area contributed by atoms with E-state index >= 15 is 0 Å². The van der Waals surface area contributed by atoms with Gasteiger partial charge in [0.15, 0.2) is 0 Å². The summed E-state index contributed by atoms with van der Waals surface area (Å²) in [7, 11) is 0. The summed E-state index contributed by atoms with van der Waals surface area (Å²) in [6.45, 7) is 8.68. The lowest BCUT2D eigenvalue weighted by Gasteiger charge is -1.93. The Kier molecular flexibility index (Phi) is 4.82. The van der Waals surface area contributed by atoms with Crippen molar-refractivity contribution in [2.75, 3.05) is 0 Å². The van der Waals surface area contributed by atoms with Crippen molar-refractivity contribution < 1.29 is 9.53 Å². The van der Waals surface area contributed by atoms with Gasteiger partial charge < -0.3 is 4.74 Å². The third kappa shape index (κ3) is 5.15. The van der Waals surface area contributed by atoms with Crippen molar-refractivity contribution in [2.24, 2.45) is 0 Å². The van der Waals surface area contributed by atoms with Gasteiger partial charge in [0.05, 0.1) is 12.7 Å². The maximum Gasteiger partial charge on any atom is 0.314 e. The van der Waals surface area contributed by atoms with Crippen molar-refractivity contribution in [1.82, 2.24) is 0 Å². The van der Waals surface area contributed by atoms with Crippen LogP contribution in [-0.2, 0) is 9.53 Å². The number of allylic oxidation sites excluding steroid dienone is 2. The van der Waals surface area contributed by atoms with Crippen LogP contribution in [0, 0.1) is 0 Å². The van der Waals surface area contributed by atoms with E-state index in [1.54, 1.807) is 12.2 Å². The first-order valence-corrected chi connectivity index (χ1v) is 3.30. The van der Waals surface area contributed by atoms with Crippen LogP contribution in [0.3, 0.4) is 0 Å². The van der Waals surface area contributed by atoms with Crippen LogP contribution in [0.2, 0.25) is 0 Å². The van der Waals surface area contributed by atoms with Crippen LogP contribution in [0.15, 0.2) is 37.1 Å². The number of rotatable bonds is 4. The number of ether oxygens (including phenoxy) is 1. The molecule has 0 saturated carbocycles. The minimum Gasteiger partial charge on any atom is -0.435 e. The first-order chi connectivity index (χ1) is 5.20. The molecule has 0 aliphatic carbocycles. The third-order valence-corrected chi connectivity index (χ3v) is 1.13. The van der Waals surface area contributed by atoms with Gasteiger partial charge in [0.1, 0.15) is 0 Å². The zero-order valence-corrected chi connectivity index (χ0v) is 6.67. The molecule has 0 bridgehead atoms. The Morgan fingerprint density at radius 1 is 1.55 bits per heavy atom. The van der Waals surface area contributed by atoms with Crippen LogP contribution in [0.5, 0.6) is 0 Å². The highest BCUT2D eigenvalue weighted by Gasteiger charge is 1.95. The normalized spacial score (nSPS) is 10.5. The molecule has 0 aromatic carbocycles. The van der Waals surface area contributed by atoms with E-state index in [-0.39, 0.29) is 12.4 Å². The van der Waals surface area contributed by atoms with Crippen LogP contribution in [-0.4, -0.2) is 5.97 Å². The van der Waals surface area contributed by atoms with Crippen LogP contribution in [0.1, 0.15) is 13.3 Å². The Bertz CT molecular complexity index is 190. The van der Waals surface area contributed by atoms with Crippen LogP contribution in [0.25, 0.3) is 0 Å². The van der Waals surface area contributed by atoms with E-state index in [1.165, 1.54) is 0 Å². The highest BCUT2D eigenvalue weighted by Crippen LogP contribution is 1.97. The molecule has 2 nitrogen and oxygen atoms in total. The maximum atomic E-state index is 10.7. The zero-order chi connectivity index (χ0) is 8.69. The molecule has 0 atom stereocenters. The monoisotopic (exact) mass is 152 g/mol. The molecule has 0 unspecified atom stereocenters. The van der Waals surface area contributed by atoms with E-state index < -0.39 is 0 Å². The molecule has 0 spiro atoms. The summed E-state index contributed by atoms with van der Waals surface area (Å²) in [4.78, 5) is 10.7. The van der Waals surface area contributed by atoms with E-state index in [0.717, 1.165) is 11.8 Å². The molecule has 0 saturated heterocycles. The SMILES string of the molecule is C=COC(=O)C/C=C(\C)C=C. The molecule has 2 heteroatoms. The van der Waals surface area contributed by atoms with Crippen molar-refractivity contribution in [3.63, 3.8) is 0 Å². The topological polar surface area (TPSA) is 26.3 Å². The second kappa shape index (κ2) is 5.47. The first-order valence-electron chi connectivity index (χ1n) is 3.30. The lowest BCUT2D eigenvalue weighted by atomic mass is 10.2. The number of hydrogen-bond acceptors (Lipinski definition) is 2. The van der Waals surface area contributed by atoms with Crippen molar-refractivity contribution in [1.29, 1.82) is 0 Å². The van der Waals surface area contributed by atoms with E-state index in [4.69, 9.17) is 0 Å². The van der Waals surface area contributed by atoms with Crippen molar-refractivity contribution in [3.8, 4) is 0 Å². The molecule has 0 heterocycles. The molecule has 0 rings (SSSR count). The van der Waals surface area contributed by atoms with Gasteiger partial charge in [0.2, 0.25) is 0 Å². The summed E-state index contributed by atoms with van der Waals surface area (Å²) in [6.07, 6.45) is 4.82. The lowest BCUT2D eigenvalue weighted by molar-refractivity contribution is -0.136. The highest BCUT2D eigenvalue weighted by molar-refractivity contribution is 5.71. The fourth-order valence-electron chi connectivity index (χ4n) is 0.469. The fraction of sp³-hybridized carbons (Fsp3) is 0.222. The van der Waals surface area contributed by atoms with Crippen molar-refractivity contribution in [2.45, 2.75) is 13.3 Å². The van der Waals surface area contributed by atoms with Gasteiger partial charge in [-0.3, -0.25) is 4.79 Å². The molecule has 0 radical (unpaired) electrons. The first kappa shape index (κ1) is 9.69. The van der Waals surface area contributed by atoms with Crippen LogP contribution in [0.4, 0.5) is 0 Å². The van der Waals surface area contributed by atoms with Gasteiger partial charge in [0.25, 0.3) is 0 Å². The fourth-order valence-corrected chi connectivity index (χ4v) is 0.469.